The maximum Gasteiger partial charge on any atom is 0.332 e. The molecule has 1 saturated heterocycles. The van der Waals surface area contributed by atoms with E-state index in [0.29, 0.717) is 22.2 Å². The van der Waals surface area contributed by atoms with Crippen molar-refractivity contribution >= 4 is 29.2 Å². The van der Waals surface area contributed by atoms with Gasteiger partial charge in [0, 0.05) is 16.3 Å². The number of aryl methyl sites for hydroxylation is 2. The molecule has 3 amide bonds. The van der Waals surface area contributed by atoms with Crippen molar-refractivity contribution in [2.24, 2.45) is 0 Å². The summed E-state index contributed by atoms with van der Waals surface area (Å²) in [5.41, 5.74) is 2.08. The van der Waals surface area contributed by atoms with Crippen molar-refractivity contribution in [2.45, 2.75) is 33.4 Å². The highest BCUT2D eigenvalue weighted by Crippen LogP contribution is 2.28. The highest BCUT2D eigenvalue weighted by molar-refractivity contribution is 6.30. The third-order valence-electron chi connectivity index (χ3n) is 4.05. The molecule has 1 fully saturated rings. The number of rotatable bonds is 3. The fourth-order valence-corrected chi connectivity index (χ4v) is 2.82. The third kappa shape index (κ3) is 2.59. The Morgan fingerprint density at radius 3 is 2.43 bits per heavy atom. The summed E-state index contributed by atoms with van der Waals surface area (Å²) < 4.78 is 5.10. The predicted octanol–water partition coefficient (Wildman–Crippen LogP) is 3.30. The summed E-state index contributed by atoms with van der Waals surface area (Å²) in [4.78, 5) is 27.9. The number of aromatic nitrogens is 1. The van der Waals surface area contributed by atoms with E-state index < -0.39 is 6.04 Å². The Kier molecular flexibility index (Phi) is 3.85. The second kappa shape index (κ2) is 5.70. The van der Waals surface area contributed by atoms with Crippen LogP contribution >= 0.6 is 11.6 Å². The predicted molar refractivity (Wildman–Crippen MR) is 85.3 cm³/mol. The Morgan fingerprint density at radius 1 is 1.22 bits per heavy atom. The fraction of sp³-hybridized carbons (Fsp3) is 0.312. The topological polar surface area (TPSA) is 66.7 Å². The van der Waals surface area contributed by atoms with Gasteiger partial charge in [0.2, 0.25) is 0 Å². The highest BCUT2D eigenvalue weighted by atomic mass is 35.5. The number of hydrogen-bond donors (Lipinski definition) is 0. The summed E-state index contributed by atoms with van der Waals surface area (Å²) >= 11 is 5.88. The quantitative estimate of drug-likeness (QED) is 0.808. The molecule has 3 rings (SSSR count). The van der Waals surface area contributed by atoms with Crippen molar-refractivity contribution in [1.29, 1.82) is 0 Å². The number of amides is 3. The van der Waals surface area contributed by atoms with Crippen LogP contribution in [0.25, 0.3) is 0 Å². The Hall–Kier alpha value is -2.34. The molecule has 2 heterocycles. The van der Waals surface area contributed by atoms with Crippen LogP contribution in [0.2, 0.25) is 5.02 Å². The van der Waals surface area contributed by atoms with Crippen LogP contribution in [-0.2, 0) is 11.3 Å². The average molecular weight is 334 g/mol. The van der Waals surface area contributed by atoms with Gasteiger partial charge in [-0.3, -0.25) is 14.6 Å². The zero-order valence-corrected chi connectivity index (χ0v) is 13.8. The van der Waals surface area contributed by atoms with Crippen LogP contribution in [0.5, 0.6) is 0 Å². The zero-order chi connectivity index (χ0) is 16.7. The highest BCUT2D eigenvalue weighted by Gasteiger charge is 2.43. The number of urea groups is 1. The Bertz CT molecular complexity index is 750. The van der Waals surface area contributed by atoms with E-state index in [1.54, 1.807) is 45.0 Å². The maximum absolute atomic E-state index is 12.7. The smallest absolute Gasteiger partial charge is 0.332 e. The molecule has 0 aliphatic carbocycles. The van der Waals surface area contributed by atoms with Crippen molar-refractivity contribution < 1.29 is 14.1 Å². The number of carbonyl (C=O) groups excluding carboxylic acids is 2. The molecular weight excluding hydrogens is 318 g/mol. The molecule has 6 nitrogen and oxygen atoms in total. The number of hydrogen-bond acceptors (Lipinski definition) is 4. The number of anilines is 1. The van der Waals surface area contributed by atoms with Crippen LogP contribution in [0.3, 0.4) is 0 Å². The second-order valence-corrected chi connectivity index (χ2v) is 5.97. The molecule has 23 heavy (non-hydrogen) atoms. The zero-order valence-electron chi connectivity index (χ0n) is 13.0. The molecule has 1 aromatic carbocycles. The number of halogens is 1. The molecular formula is C16H16ClN3O3. The summed E-state index contributed by atoms with van der Waals surface area (Å²) in [6, 6.07) is 5.91. The van der Waals surface area contributed by atoms with Gasteiger partial charge in [0.25, 0.3) is 5.91 Å². The summed E-state index contributed by atoms with van der Waals surface area (Å²) in [5.74, 6) is 0.366. The molecule has 1 atom stereocenters. The van der Waals surface area contributed by atoms with Crippen LogP contribution in [0, 0.1) is 13.8 Å². The Labute approximate surface area is 138 Å². The van der Waals surface area contributed by atoms with Crippen LogP contribution in [0.4, 0.5) is 10.5 Å². The first kappa shape index (κ1) is 15.6. The number of nitrogens with zero attached hydrogens (tertiary/aromatic N) is 3. The van der Waals surface area contributed by atoms with Gasteiger partial charge in [0.05, 0.1) is 12.2 Å². The first-order valence-corrected chi connectivity index (χ1v) is 7.60. The van der Waals surface area contributed by atoms with Crippen LogP contribution in [-0.4, -0.2) is 28.0 Å². The van der Waals surface area contributed by atoms with E-state index in [2.05, 4.69) is 5.16 Å². The summed E-state index contributed by atoms with van der Waals surface area (Å²) in [6.07, 6.45) is 0. The molecule has 1 aliphatic heterocycles. The maximum atomic E-state index is 12.7. The summed E-state index contributed by atoms with van der Waals surface area (Å²) in [7, 11) is 0. The number of carbonyl (C=O) groups is 2. The van der Waals surface area contributed by atoms with Gasteiger partial charge >= 0.3 is 6.03 Å². The minimum absolute atomic E-state index is 0.160. The fourth-order valence-electron chi connectivity index (χ4n) is 2.69. The Balaban J connectivity index is 1.90. The largest absolute Gasteiger partial charge is 0.361 e. The van der Waals surface area contributed by atoms with E-state index in [1.807, 2.05) is 0 Å². The molecule has 1 aromatic heterocycles. The lowest BCUT2D eigenvalue weighted by atomic mass is 10.2. The van der Waals surface area contributed by atoms with Crippen molar-refractivity contribution in [3.05, 3.63) is 46.3 Å². The lowest BCUT2D eigenvalue weighted by molar-refractivity contribution is -0.127. The van der Waals surface area contributed by atoms with E-state index >= 15 is 0 Å². The first-order valence-electron chi connectivity index (χ1n) is 7.22. The van der Waals surface area contributed by atoms with Crippen molar-refractivity contribution in [3.8, 4) is 0 Å². The normalized spacial score (nSPS) is 18.2. The average Bonchev–Trinajstić information content (AvgIpc) is 2.94. The van der Waals surface area contributed by atoms with Gasteiger partial charge in [-0.25, -0.2) is 4.79 Å². The molecule has 0 N–H and O–H groups in total. The van der Waals surface area contributed by atoms with Crippen LogP contribution in [0.15, 0.2) is 28.8 Å². The van der Waals surface area contributed by atoms with E-state index in [4.69, 9.17) is 16.1 Å². The van der Waals surface area contributed by atoms with E-state index in [0.717, 1.165) is 5.56 Å². The standard InChI is InChI=1S/C16H16ClN3O3/c1-9-14(11(3)23-18-9)8-19-15(21)10(2)20(16(19)22)13-6-4-12(17)5-7-13/h4-7,10H,8H2,1-3H3. The van der Waals surface area contributed by atoms with Crippen molar-refractivity contribution in [3.63, 3.8) is 0 Å². The SMILES string of the molecule is Cc1noc(C)c1CN1C(=O)C(C)N(c2ccc(Cl)cc2)C1=O. The van der Waals surface area contributed by atoms with E-state index in [9.17, 15) is 9.59 Å². The monoisotopic (exact) mass is 333 g/mol. The Morgan fingerprint density at radius 2 is 1.87 bits per heavy atom. The molecule has 0 spiro atoms. The lowest BCUT2D eigenvalue weighted by Crippen LogP contribution is -2.33. The van der Waals surface area contributed by atoms with Gasteiger partial charge in [0.15, 0.2) is 0 Å². The molecule has 0 radical (unpaired) electrons. The minimum atomic E-state index is -0.566. The minimum Gasteiger partial charge on any atom is -0.361 e. The third-order valence-corrected chi connectivity index (χ3v) is 4.30. The molecule has 0 saturated carbocycles. The summed E-state index contributed by atoms with van der Waals surface area (Å²) in [5, 5.41) is 4.44. The molecule has 0 bridgehead atoms. The molecule has 120 valence electrons. The molecule has 1 aliphatic rings. The molecule has 7 heteroatoms. The lowest BCUT2D eigenvalue weighted by Gasteiger charge is -2.19. The second-order valence-electron chi connectivity index (χ2n) is 5.53. The first-order chi connectivity index (χ1) is 10.9. The van der Waals surface area contributed by atoms with Crippen LogP contribution < -0.4 is 4.90 Å². The van der Waals surface area contributed by atoms with Gasteiger partial charge in [-0.15, -0.1) is 0 Å². The number of imide groups is 1. The van der Waals surface area contributed by atoms with Crippen LogP contribution in [0.1, 0.15) is 23.9 Å². The van der Waals surface area contributed by atoms with Gasteiger partial charge in [-0.2, -0.15) is 0 Å². The molecule has 2 aromatic rings. The van der Waals surface area contributed by atoms with Gasteiger partial charge in [-0.05, 0) is 45.0 Å². The van der Waals surface area contributed by atoms with E-state index in [1.165, 1.54) is 9.80 Å². The van der Waals surface area contributed by atoms with Crippen molar-refractivity contribution in [1.82, 2.24) is 10.1 Å². The van der Waals surface area contributed by atoms with Crippen molar-refractivity contribution in [2.75, 3.05) is 4.90 Å². The number of benzene rings is 1. The van der Waals surface area contributed by atoms with Gasteiger partial charge in [-0.1, -0.05) is 16.8 Å². The molecule has 1 unspecified atom stereocenters. The van der Waals surface area contributed by atoms with Gasteiger partial charge < -0.3 is 4.52 Å². The summed E-state index contributed by atoms with van der Waals surface area (Å²) in [6.45, 7) is 5.42. The van der Waals surface area contributed by atoms with E-state index in [-0.39, 0.29) is 18.5 Å². The van der Waals surface area contributed by atoms with Gasteiger partial charge in [0.1, 0.15) is 11.8 Å².